The zero-order chi connectivity index (χ0) is 26.1. The van der Waals surface area contributed by atoms with Crippen molar-refractivity contribution in [3.63, 3.8) is 0 Å². The second kappa shape index (κ2) is 8.27. The van der Waals surface area contributed by atoms with Crippen LogP contribution in [0.15, 0.2) is 133 Å². The third-order valence-electron chi connectivity index (χ3n) is 9.07. The fourth-order valence-corrected chi connectivity index (χ4v) is 13.4. The minimum absolute atomic E-state index is 1.32. The number of hydrogen-bond donors (Lipinski definition) is 0. The predicted octanol–water partition coefficient (Wildman–Crippen LogP) is 8.52. The lowest BCUT2D eigenvalue weighted by Crippen LogP contribution is -2.60. The van der Waals surface area contributed by atoms with Crippen LogP contribution in [0, 0.1) is 0 Å². The van der Waals surface area contributed by atoms with Gasteiger partial charge in [0.15, 0.2) is 8.07 Å². The van der Waals surface area contributed by atoms with Gasteiger partial charge in [0, 0.05) is 0 Å². The molecule has 0 aliphatic heterocycles. The van der Waals surface area contributed by atoms with E-state index in [1.54, 1.807) is 0 Å². The van der Waals surface area contributed by atoms with Crippen LogP contribution in [-0.2, 0) is 0 Å². The first-order valence-electron chi connectivity index (χ1n) is 13.8. The molecule has 0 saturated carbocycles. The molecule has 6 aromatic carbocycles. The Bertz CT molecular complexity index is 1850. The van der Waals surface area contributed by atoms with Crippen molar-refractivity contribution in [1.29, 1.82) is 0 Å². The zero-order valence-corrected chi connectivity index (χ0v) is 23.2. The molecule has 8 rings (SSSR count). The Morgan fingerprint density at radius 3 is 1.10 bits per heavy atom. The van der Waals surface area contributed by atoms with Crippen molar-refractivity contribution in [1.82, 2.24) is 0 Å². The van der Waals surface area contributed by atoms with Gasteiger partial charge in [-0.15, -0.1) is 0 Å². The van der Waals surface area contributed by atoms with E-state index in [0.29, 0.717) is 0 Å². The van der Waals surface area contributed by atoms with Gasteiger partial charge < -0.3 is 0 Å². The van der Waals surface area contributed by atoms with Gasteiger partial charge in [-0.1, -0.05) is 133 Å². The smallest absolute Gasteiger partial charge is 0.0623 e. The van der Waals surface area contributed by atoms with Gasteiger partial charge in [0.05, 0.1) is 0 Å². The van der Waals surface area contributed by atoms with Crippen molar-refractivity contribution in [3.05, 3.63) is 156 Å². The van der Waals surface area contributed by atoms with E-state index in [-0.39, 0.29) is 0 Å². The Morgan fingerprint density at radius 2 is 0.718 bits per heavy atom. The van der Waals surface area contributed by atoms with Crippen molar-refractivity contribution in [2.75, 3.05) is 0 Å². The van der Waals surface area contributed by atoms with Crippen molar-refractivity contribution in [2.45, 2.75) is 13.8 Å². The van der Waals surface area contributed by atoms with Crippen LogP contribution in [0.5, 0.6) is 0 Å². The first kappa shape index (κ1) is 22.5. The van der Waals surface area contributed by atoms with Crippen LogP contribution >= 0.6 is 0 Å². The van der Waals surface area contributed by atoms with Gasteiger partial charge in [-0.3, -0.25) is 0 Å². The lowest BCUT2D eigenvalue weighted by molar-refractivity contribution is 1.67. The van der Waals surface area contributed by atoms with Crippen LogP contribution in [0.3, 0.4) is 0 Å². The number of allylic oxidation sites excluding steroid dienone is 2. The molecule has 184 valence electrons. The molecule has 0 nitrogen and oxygen atoms in total. The molecule has 39 heavy (non-hydrogen) atoms. The molecule has 0 fully saturated rings. The normalized spacial score (nSPS) is 14.2. The van der Waals surface area contributed by atoms with Crippen LogP contribution in [-0.4, -0.2) is 8.07 Å². The summed E-state index contributed by atoms with van der Waals surface area (Å²) in [5.41, 5.74) is 8.42. The Balaban J connectivity index is 1.61. The average molecular weight is 513 g/mol. The monoisotopic (exact) mass is 512 g/mol. The summed E-state index contributed by atoms with van der Waals surface area (Å²) in [6.07, 6.45) is 0. The lowest BCUT2D eigenvalue weighted by atomic mass is 10.0. The van der Waals surface area contributed by atoms with E-state index in [1.165, 1.54) is 75.7 Å². The van der Waals surface area contributed by atoms with Crippen molar-refractivity contribution in [2.24, 2.45) is 0 Å². The molecule has 0 bridgehead atoms. The number of rotatable bonds is 4. The van der Waals surface area contributed by atoms with E-state index in [0.717, 1.165) is 0 Å². The molecule has 0 N–H and O–H groups in total. The molecular formula is C38H28Si. The van der Waals surface area contributed by atoms with Crippen molar-refractivity contribution in [3.8, 4) is 0 Å². The van der Waals surface area contributed by atoms with Crippen molar-refractivity contribution < 1.29 is 0 Å². The summed E-state index contributed by atoms with van der Waals surface area (Å²) in [5, 5.41) is 11.4. The van der Waals surface area contributed by atoms with Crippen LogP contribution in [0.25, 0.3) is 43.1 Å². The highest BCUT2D eigenvalue weighted by Crippen LogP contribution is 2.53. The summed E-state index contributed by atoms with van der Waals surface area (Å²) in [5.74, 6) is 0. The van der Waals surface area contributed by atoms with E-state index in [1.807, 2.05) is 0 Å². The molecule has 1 heteroatoms. The number of benzene rings is 6. The standard InChI is InChI=1S/C38H28Si/c1-25-31-21-9-13-27-15-11-23-33(35(27)31)37(25)39(29-17-5-3-6-18-29,30-19-7-4-8-20-30)38-26(2)32-22-10-14-28-16-12-24-34(38)36(28)32/h3-24H,1-2H3. The molecule has 0 radical (unpaired) electrons. The van der Waals surface area contributed by atoms with Crippen LogP contribution in [0.1, 0.15) is 36.1 Å². The van der Waals surface area contributed by atoms with Gasteiger partial charge in [-0.05, 0) is 89.6 Å². The van der Waals surface area contributed by atoms with Gasteiger partial charge in [0.2, 0.25) is 0 Å². The first-order valence-corrected chi connectivity index (χ1v) is 15.8. The van der Waals surface area contributed by atoms with Gasteiger partial charge in [-0.2, -0.15) is 0 Å². The second-order valence-corrected chi connectivity index (χ2v) is 14.6. The van der Waals surface area contributed by atoms with E-state index >= 15 is 0 Å². The number of hydrogen-bond acceptors (Lipinski definition) is 0. The zero-order valence-electron chi connectivity index (χ0n) is 22.2. The topological polar surface area (TPSA) is 0 Å². The third kappa shape index (κ3) is 2.88. The van der Waals surface area contributed by atoms with Gasteiger partial charge >= 0.3 is 0 Å². The molecule has 2 aliphatic carbocycles. The van der Waals surface area contributed by atoms with E-state index in [9.17, 15) is 0 Å². The minimum atomic E-state index is -2.79. The second-order valence-electron chi connectivity index (χ2n) is 10.9. The maximum Gasteiger partial charge on any atom is 0.181 e. The highest BCUT2D eigenvalue weighted by molar-refractivity contribution is 7.27. The fourth-order valence-electron chi connectivity index (χ4n) is 7.61. The Hall–Kier alpha value is -4.46. The van der Waals surface area contributed by atoms with Crippen LogP contribution in [0.4, 0.5) is 0 Å². The molecule has 2 aliphatic rings. The summed E-state index contributed by atoms with van der Waals surface area (Å²) in [4.78, 5) is 0. The molecule has 6 aromatic rings. The minimum Gasteiger partial charge on any atom is -0.0623 e. The highest BCUT2D eigenvalue weighted by Gasteiger charge is 2.50. The van der Waals surface area contributed by atoms with Crippen LogP contribution in [0.2, 0.25) is 0 Å². The molecule has 0 unspecified atom stereocenters. The van der Waals surface area contributed by atoms with E-state index in [2.05, 4.69) is 147 Å². The molecule has 0 amide bonds. The molecule has 0 aromatic heterocycles. The molecular weight excluding hydrogens is 485 g/mol. The summed E-state index contributed by atoms with van der Waals surface area (Å²) in [6.45, 7) is 4.74. The maximum absolute atomic E-state index is 2.79. The molecule has 0 heterocycles. The summed E-state index contributed by atoms with van der Waals surface area (Å²) >= 11 is 0. The van der Waals surface area contributed by atoms with Crippen molar-refractivity contribution >= 4 is 61.5 Å². The SMILES string of the molecule is CC1=C([Si](C2=C(C)c3cccc4cccc2c34)(c2ccccc2)c2ccccc2)c2cccc3cccc1c23. The molecule has 0 saturated heterocycles. The molecule has 0 atom stereocenters. The lowest BCUT2D eigenvalue weighted by Gasteiger charge is -2.38. The quantitative estimate of drug-likeness (QED) is 0.208. The summed E-state index contributed by atoms with van der Waals surface area (Å²) in [6, 6.07) is 50.3. The predicted molar refractivity (Wildman–Crippen MR) is 171 cm³/mol. The van der Waals surface area contributed by atoms with Crippen LogP contribution < -0.4 is 10.4 Å². The Morgan fingerprint density at radius 1 is 0.359 bits per heavy atom. The van der Waals surface area contributed by atoms with Gasteiger partial charge in [-0.25, -0.2) is 0 Å². The maximum atomic E-state index is 2.39. The summed E-state index contributed by atoms with van der Waals surface area (Å²) < 4.78 is 0. The molecule has 0 spiro atoms. The first-order chi connectivity index (χ1) is 19.2. The Labute approximate surface area is 230 Å². The fraction of sp³-hybridized carbons (Fsp3) is 0.0526. The summed E-state index contributed by atoms with van der Waals surface area (Å²) in [7, 11) is -2.79. The largest absolute Gasteiger partial charge is 0.181 e. The van der Waals surface area contributed by atoms with Gasteiger partial charge in [0.25, 0.3) is 0 Å². The third-order valence-corrected chi connectivity index (χ3v) is 14.3. The average Bonchev–Trinajstić information content (AvgIpc) is 3.45. The van der Waals surface area contributed by atoms with E-state index in [4.69, 9.17) is 0 Å². The Kier molecular flexibility index (Phi) is 4.77. The van der Waals surface area contributed by atoms with Gasteiger partial charge in [0.1, 0.15) is 0 Å². The van der Waals surface area contributed by atoms with E-state index < -0.39 is 8.07 Å². The highest BCUT2D eigenvalue weighted by atomic mass is 28.3.